The molecule has 26 heavy (non-hydrogen) atoms. The average Bonchev–Trinajstić information content (AvgIpc) is 3.25. The monoisotopic (exact) mass is 360 g/mol. The van der Waals surface area contributed by atoms with Crippen LogP contribution in [0.15, 0.2) is 0 Å². The number of fused-ring (bicyclic) bond motifs is 1. The highest BCUT2D eigenvalue weighted by atomic mass is 16.5. The molecule has 0 aromatic carbocycles. The van der Waals surface area contributed by atoms with Gasteiger partial charge in [0.05, 0.1) is 18.4 Å². The Morgan fingerprint density at radius 2 is 2.04 bits per heavy atom. The molecule has 2 aliphatic carbocycles. The van der Waals surface area contributed by atoms with Gasteiger partial charge in [-0.3, -0.25) is 14.7 Å². The molecule has 2 heterocycles. The number of carbonyl (C=O) groups excluding carboxylic acids is 2. The van der Waals surface area contributed by atoms with Gasteiger partial charge in [0.1, 0.15) is 0 Å². The van der Waals surface area contributed by atoms with Crippen molar-refractivity contribution in [2.75, 3.05) is 6.54 Å². The lowest BCUT2D eigenvalue weighted by Gasteiger charge is -2.32. The van der Waals surface area contributed by atoms with E-state index in [0.29, 0.717) is 31.2 Å². The van der Waals surface area contributed by atoms with E-state index in [1.807, 2.05) is 0 Å². The van der Waals surface area contributed by atoms with Gasteiger partial charge in [0.2, 0.25) is 5.91 Å². The zero-order valence-corrected chi connectivity index (χ0v) is 15.3. The molecule has 0 bridgehead atoms. The molecule has 2 amide bonds. The van der Waals surface area contributed by atoms with Gasteiger partial charge >= 0.3 is 0 Å². The summed E-state index contributed by atoms with van der Waals surface area (Å²) in [5.41, 5.74) is 2.29. The normalized spacial score (nSPS) is 28.3. The highest BCUT2D eigenvalue weighted by Gasteiger charge is 2.33. The molecule has 3 aliphatic rings. The maximum absolute atomic E-state index is 12.6. The molecule has 2 fully saturated rings. The molecule has 0 saturated heterocycles. The predicted molar refractivity (Wildman–Crippen MR) is 95.5 cm³/mol. The van der Waals surface area contributed by atoms with Gasteiger partial charge in [0.25, 0.3) is 5.91 Å². The lowest BCUT2D eigenvalue weighted by Crippen LogP contribution is -2.43. The summed E-state index contributed by atoms with van der Waals surface area (Å²) in [6.45, 7) is 3.06. The molecule has 4 rings (SSSR count). The number of amides is 2. The van der Waals surface area contributed by atoms with Crippen LogP contribution in [0.4, 0.5) is 0 Å². The molecule has 0 radical (unpaired) electrons. The first kappa shape index (κ1) is 17.5. The van der Waals surface area contributed by atoms with Crippen molar-refractivity contribution in [1.29, 1.82) is 0 Å². The van der Waals surface area contributed by atoms with Crippen LogP contribution >= 0.6 is 0 Å². The molecule has 0 spiro atoms. The third-order valence-corrected chi connectivity index (χ3v) is 6.00. The molecule has 142 valence electrons. The Balaban J connectivity index is 1.33. The molecule has 1 atom stereocenters. The van der Waals surface area contributed by atoms with E-state index in [2.05, 4.69) is 27.8 Å². The van der Waals surface area contributed by atoms with Gasteiger partial charge < -0.3 is 15.4 Å². The standard InChI is InChI=1S/C19H28N4O3/c1-11-6-12(7-11)18(24)20-9-14-8-15-16(10-26-14)22-23-17(15)19(25)21-13-4-2-3-5-13/h11-14H,2-10H2,1H3,(H,20,24)(H,21,25)(H,22,23). The van der Waals surface area contributed by atoms with Gasteiger partial charge in [-0.25, -0.2) is 0 Å². The summed E-state index contributed by atoms with van der Waals surface area (Å²) >= 11 is 0. The topological polar surface area (TPSA) is 96.1 Å². The summed E-state index contributed by atoms with van der Waals surface area (Å²) in [7, 11) is 0. The summed E-state index contributed by atoms with van der Waals surface area (Å²) in [6.07, 6.45) is 6.91. The van der Waals surface area contributed by atoms with Crippen molar-refractivity contribution in [3.63, 3.8) is 0 Å². The van der Waals surface area contributed by atoms with E-state index in [9.17, 15) is 9.59 Å². The fraction of sp³-hybridized carbons (Fsp3) is 0.737. The van der Waals surface area contributed by atoms with E-state index >= 15 is 0 Å². The SMILES string of the molecule is CC1CC(C(=O)NCC2Cc3c(C(=O)NC4CCCC4)n[nH]c3CO2)C1. The second-order valence-electron chi connectivity index (χ2n) is 8.14. The average molecular weight is 360 g/mol. The second kappa shape index (κ2) is 7.39. The molecule has 7 heteroatoms. The molecular weight excluding hydrogens is 332 g/mol. The van der Waals surface area contributed by atoms with Gasteiger partial charge in [-0.1, -0.05) is 19.8 Å². The van der Waals surface area contributed by atoms with E-state index < -0.39 is 0 Å². The number of hydrogen-bond donors (Lipinski definition) is 3. The first-order valence-electron chi connectivity index (χ1n) is 9.86. The van der Waals surface area contributed by atoms with Crippen molar-refractivity contribution in [2.24, 2.45) is 11.8 Å². The van der Waals surface area contributed by atoms with Crippen LogP contribution in [0.25, 0.3) is 0 Å². The van der Waals surface area contributed by atoms with Crippen molar-refractivity contribution < 1.29 is 14.3 Å². The molecule has 7 nitrogen and oxygen atoms in total. The van der Waals surface area contributed by atoms with Crippen LogP contribution in [0.1, 0.15) is 67.2 Å². The number of aromatic amines is 1. The smallest absolute Gasteiger partial charge is 0.272 e. The van der Waals surface area contributed by atoms with Gasteiger partial charge in [0, 0.05) is 30.5 Å². The lowest BCUT2D eigenvalue weighted by molar-refractivity contribution is -0.129. The van der Waals surface area contributed by atoms with Gasteiger partial charge in [0.15, 0.2) is 5.69 Å². The summed E-state index contributed by atoms with van der Waals surface area (Å²) < 4.78 is 5.82. The fourth-order valence-corrected chi connectivity index (χ4v) is 4.35. The highest BCUT2D eigenvalue weighted by Crippen LogP contribution is 2.33. The van der Waals surface area contributed by atoms with Gasteiger partial charge in [-0.05, 0) is 31.6 Å². The number of hydrogen-bond acceptors (Lipinski definition) is 4. The Kier molecular flexibility index (Phi) is 4.98. The minimum Gasteiger partial charge on any atom is -0.370 e. The molecular formula is C19H28N4O3. The Morgan fingerprint density at radius 3 is 2.77 bits per heavy atom. The first-order chi connectivity index (χ1) is 12.6. The van der Waals surface area contributed by atoms with Crippen LogP contribution in [-0.2, 0) is 22.6 Å². The molecule has 1 aromatic rings. The summed E-state index contributed by atoms with van der Waals surface area (Å²) in [6, 6.07) is 0.273. The van der Waals surface area contributed by atoms with Crippen LogP contribution in [0, 0.1) is 11.8 Å². The van der Waals surface area contributed by atoms with E-state index in [4.69, 9.17) is 4.74 Å². The minimum absolute atomic E-state index is 0.0949. The Bertz CT molecular complexity index is 674. The van der Waals surface area contributed by atoms with Crippen molar-refractivity contribution in [1.82, 2.24) is 20.8 Å². The Hall–Kier alpha value is -1.89. The molecule has 3 N–H and O–H groups in total. The van der Waals surface area contributed by atoms with Crippen LogP contribution < -0.4 is 10.6 Å². The summed E-state index contributed by atoms with van der Waals surface area (Å²) in [5, 5.41) is 13.3. The van der Waals surface area contributed by atoms with Crippen molar-refractivity contribution in [3.8, 4) is 0 Å². The number of H-pyrrole nitrogens is 1. The van der Waals surface area contributed by atoms with E-state index in [-0.39, 0.29) is 29.9 Å². The van der Waals surface area contributed by atoms with E-state index in [1.54, 1.807) is 0 Å². The Labute approximate surface area is 153 Å². The summed E-state index contributed by atoms with van der Waals surface area (Å²) in [4.78, 5) is 24.7. The van der Waals surface area contributed by atoms with Crippen molar-refractivity contribution in [2.45, 2.75) is 70.6 Å². The first-order valence-corrected chi connectivity index (χ1v) is 9.86. The van der Waals surface area contributed by atoms with Crippen LogP contribution in [0.3, 0.4) is 0 Å². The van der Waals surface area contributed by atoms with Crippen LogP contribution in [-0.4, -0.2) is 40.7 Å². The van der Waals surface area contributed by atoms with Gasteiger partial charge in [-0.2, -0.15) is 5.10 Å². The maximum Gasteiger partial charge on any atom is 0.272 e. The zero-order valence-electron chi connectivity index (χ0n) is 15.3. The molecule has 2 saturated carbocycles. The molecule has 1 aromatic heterocycles. The number of aromatic nitrogens is 2. The highest BCUT2D eigenvalue weighted by molar-refractivity contribution is 5.94. The predicted octanol–water partition coefficient (Wildman–Crippen LogP) is 1.69. The number of carbonyl (C=O) groups is 2. The zero-order chi connectivity index (χ0) is 18.1. The molecule has 1 aliphatic heterocycles. The number of ether oxygens (including phenoxy) is 1. The number of rotatable bonds is 5. The molecule has 1 unspecified atom stereocenters. The minimum atomic E-state index is -0.111. The van der Waals surface area contributed by atoms with E-state index in [0.717, 1.165) is 36.9 Å². The van der Waals surface area contributed by atoms with E-state index in [1.165, 1.54) is 12.8 Å². The van der Waals surface area contributed by atoms with Crippen LogP contribution in [0.5, 0.6) is 0 Å². The second-order valence-corrected chi connectivity index (χ2v) is 8.14. The maximum atomic E-state index is 12.6. The Morgan fingerprint density at radius 1 is 1.27 bits per heavy atom. The quantitative estimate of drug-likeness (QED) is 0.744. The largest absolute Gasteiger partial charge is 0.370 e. The third-order valence-electron chi connectivity index (χ3n) is 6.00. The van der Waals surface area contributed by atoms with Crippen molar-refractivity contribution in [3.05, 3.63) is 17.0 Å². The number of nitrogens with one attached hydrogen (secondary N) is 3. The van der Waals surface area contributed by atoms with Gasteiger partial charge in [-0.15, -0.1) is 0 Å². The van der Waals surface area contributed by atoms with Crippen LogP contribution in [0.2, 0.25) is 0 Å². The lowest BCUT2D eigenvalue weighted by atomic mass is 9.75. The number of nitrogens with zero attached hydrogens (tertiary/aromatic N) is 1. The van der Waals surface area contributed by atoms with Crippen molar-refractivity contribution >= 4 is 11.8 Å². The summed E-state index contributed by atoms with van der Waals surface area (Å²) in [5.74, 6) is 0.850. The third kappa shape index (κ3) is 3.63. The fourth-order valence-electron chi connectivity index (χ4n) is 4.35.